The van der Waals surface area contributed by atoms with Crippen molar-refractivity contribution in [1.29, 1.82) is 0 Å². The van der Waals surface area contributed by atoms with Gasteiger partial charge in [-0.1, -0.05) is 11.5 Å². The number of rotatable bonds is 1. The molecule has 0 aromatic carbocycles. The SMILES string of the molecule is Cc1cn2cc([B-](F)(F)F)cc2c(C)n1.[K+]. The Morgan fingerprint density at radius 1 is 1.19 bits per heavy atom. The largest absolute Gasteiger partial charge is 1.00 e. The van der Waals surface area contributed by atoms with Crippen LogP contribution in [0, 0.1) is 13.8 Å². The van der Waals surface area contributed by atoms with E-state index in [0.717, 1.165) is 12.3 Å². The third-order valence-electron chi connectivity index (χ3n) is 2.29. The molecule has 0 saturated carbocycles. The van der Waals surface area contributed by atoms with Gasteiger partial charge in [0, 0.05) is 6.20 Å². The normalized spacial score (nSPS) is 11.6. The molecular formula is C9H9BF3KN2. The fourth-order valence-electron chi connectivity index (χ4n) is 1.63. The predicted molar refractivity (Wildman–Crippen MR) is 53.4 cm³/mol. The smallest absolute Gasteiger partial charge is 0.445 e. The van der Waals surface area contributed by atoms with Gasteiger partial charge in [0.25, 0.3) is 0 Å². The maximum atomic E-state index is 12.5. The summed E-state index contributed by atoms with van der Waals surface area (Å²) in [7, 11) is 0. The summed E-state index contributed by atoms with van der Waals surface area (Å²) < 4.78 is 38.9. The molecule has 0 aliphatic heterocycles. The van der Waals surface area contributed by atoms with Gasteiger partial charge in [0.15, 0.2) is 0 Å². The molecule has 2 aromatic rings. The van der Waals surface area contributed by atoms with Gasteiger partial charge in [-0.25, -0.2) is 0 Å². The number of halogens is 3. The van der Waals surface area contributed by atoms with E-state index in [2.05, 4.69) is 4.98 Å². The van der Waals surface area contributed by atoms with Crippen LogP contribution >= 0.6 is 0 Å². The van der Waals surface area contributed by atoms with Crippen molar-refractivity contribution in [1.82, 2.24) is 9.38 Å². The Kier molecular flexibility index (Phi) is 4.29. The van der Waals surface area contributed by atoms with Crippen LogP contribution in [0.4, 0.5) is 12.9 Å². The minimum atomic E-state index is -4.93. The molecule has 0 saturated heterocycles. The summed E-state index contributed by atoms with van der Waals surface area (Å²) in [5, 5.41) is 0. The standard InChI is InChI=1S/C9H9BF3N2.K/c1-6-4-15-5-8(10(11,12)13)3-9(15)7(2)14-6;/h3-5H,1-2H3;/q-1;+1. The first kappa shape index (κ1) is 14.2. The molecule has 16 heavy (non-hydrogen) atoms. The molecular weight excluding hydrogens is 243 g/mol. The number of fused-ring (bicyclic) bond motifs is 1. The fourth-order valence-corrected chi connectivity index (χ4v) is 1.63. The molecule has 2 aromatic heterocycles. The number of hydrogen-bond donors (Lipinski definition) is 0. The first-order valence-corrected chi connectivity index (χ1v) is 4.54. The van der Waals surface area contributed by atoms with E-state index in [1.807, 2.05) is 0 Å². The zero-order valence-electron chi connectivity index (χ0n) is 9.34. The summed E-state index contributed by atoms with van der Waals surface area (Å²) in [5.74, 6) is 0. The van der Waals surface area contributed by atoms with Crippen LogP contribution in [0.25, 0.3) is 5.52 Å². The van der Waals surface area contributed by atoms with Gasteiger partial charge in [0.05, 0.1) is 16.9 Å². The minimum Gasteiger partial charge on any atom is -0.445 e. The molecule has 2 nitrogen and oxygen atoms in total. The topological polar surface area (TPSA) is 17.3 Å². The van der Waals surface area contributed by atoms with Crippen molar-refractivity contribution in [3.63, 3.8) is 0 Å². The second-order valence-corrected chi connectivity index (χ2v) is 3.61. The molecule has 7 heteroatoms. The fraction of sp³-hybridized carbons (Fsp3) is 0.222. The van der Waals surface area contributed by atoms with E-state index in [1.54, 1.807) is 20.0 Å². The van der Waals surface area contributed by atoms with Crippen LogP contribution < -0.4 is 56.8 Å². The Balaban J connectivity index is 0.00000128. The molecule has 0 fully saturated rings. The molecule has 0 spiro atoms. The van der Waals surface area contributed by atoms with Crippen LogP contribution in [-0.2, 0) is 0 Å². The molecule has 0 bridgehead atoms. The second kappa shape index (κ2) is 4.81. The number of aromatic nitrogens is 2. The Labute approximate surface area is 134 Å². The maximum Gasteiger partial charge on any atom is 1.00 e. The summed E-state index contributed by atoms with van der Waals surface area (Å²) in [4.78, 5) is 4.12. The minimum absolute atomic E-state index is 0. The van der Waals surface area contributed by atoms with Crippen molar-refractivity contribution < 1.29 is 64.3 Å². The first-order valence-electron chi connectivity index (χ1n) is 4.54. The summed E-state index contributed by atoms with van der Waals surface area (Å²) in [6.45, 7) is -1.47. The molecule has 80 valence electrons. The monoisotopic (exact) mass is 252 g/mol. The summed E-state index contributed by atoms with van der Waals surface area (Å²) in [5.41, 5.74) is 1.25. The molecule has 0 atom stereocenters. The van der Waals surface area contributed by atoms with Crippen molar-refractivity contribution in [2.75, 3.05) is 0 Å². The Morgan fingerprint density at radius 2 is 1.81 bits per heavy atom. The van der Waals surface area contributed by atoms with E-state index >= 15 is 0 Å². The van der Waals surface area contributed by atoms with Crippen molar-refractivity contribution >= 4 is 18.0 Å². The maximum absolute atomic E-state index is 12.5. The quantitative estimate of drug-likeness (QED) is 0.596. The van der Waals surface area contributed by atoms with Crippen molar-refractivity contribution in [3.8, 4) is 0 Å². The van der Waals surface area contributed by atoms with Crippen LogP contribution in [0.2, 0.25) is 0 Å². The van der Waals surface area contributed by atoms with Crippen molar-refractivity contribution in [3.05, 3.63) is 29.8 Å². The van der Waals surface area contributed by atoms with Crippen molar-refractivity contribution in [2.24, 2.45) is 0 Å². The van der Waals surface area contributed by atoms with E-state index in [4.69, 9.17) is 0 Å². The van der Waals surface area contributed by atoms with Crippen LogP contribution in [-0.4, -0.2) is 16.4 Å². The molecule has 0 N–H and O–H groups in total. The van der Waals surface area contributed by atoms with Crippen LogP contribution in [0.1, 0.15) is 11.4 Å². The Bertz CT molecular complexity index is 521. The van der Waals surface area contributed by atoms with Gasteiger partial charge in [0.1, 0.15) is 0 Å². The molecule has 2 heterocycles. The van der Waals surface area contributed by atoms with Gasteiger partial charge < -0.3 is 17.3 Å². The molecule has 0 unspecified atom stereocenters. The molecule has 0 aliphatic carbocycles. The van der Waals surface area contributed by atoms with Gasteiger partial charge >= 0.3 is 58.4 Å². The predicted octanol–water partition coefficient (Wildman–Crippen LogP) is -0.990. The van der Waals surface area contributed by atoms with Gasteiger partial charge in [-0.05, 0) is 20.0 Å². The van der Waals surface area contributed by atoms with E-state index in [1.165, 1.54) is 4.40 Å². The average Bonchev–Trinajstić information content (AvgIpc) is 2.46. The molecule has 0 radical (unpaired) electrons. The number of aryl methyl sites for hydroxylation is 2. The Hall–Kier alpha value is 0.181. The molecule has 0 amide bonds. The first-order chi connectivity index (χ1) is 6.88. The van der Waals surface area contributed by atoms with Gasteiger partial charge in [0.2, 0.25) is 0 Å². The summed E-state index contributed by atoms with van der Waals surface area (Å²) >= 11 is 0. The molecule has 0 aliphatic rings. The van der Waals surface area contributed by atoms with E-state index in [0.29, 0.717) is 16.9 Å². The summed E-state index contributed by atoms with van der Waals surface area (Å²) in [6, 6.07) is 1.14. The average molecular weight is 252 g/mol. The van der Waals surface area contributed by atoms with E-state index < -0.39 is 12.4 Å². The van der Waals surface area contributed by atoms with E-state index in [-0.39, 0.29) is 51.4 Å². The summed E-state index contributed by atoms with van der Waals surface area (Å²) in [6.07, 6.45) is 2.70. The van der Waals surface area contributed by atoms with Crippen LogP contribution in [0.3, 0.4) is 0 Å². The van der Waals surface area contributed by atoms with Gasteiger partial charge in [-0.2, -0.15) is 0 Å². The third-order valence-corrected chi connectivity index (χ3v) is 2.29. The van der Waals surface area contributed by atoms with Gasteiger partial charge in [-0.3, -0.25) is 4.98 Å². The Morgan fingerprint density at radius 3 is 2.38 bits per heavy atom. The van der Waals surface area contributed by atoms with Gasteiger partial charge in [-0.15, -0.1) is 0 Å². The second-order valence-electron chi connectivity index (χ2n) is 3.61. The van der Waals surface area contributed by atoms with Crippen molar-refractivity contribution in [2.45, 2.75) is 13.8 Å². The third kappa shape index (κ3) is 2.70. The number of hydrogen-bond acceptors (Lipinski definition) is 1. The van der Waals surface area contributed by atoms with E-state index in [9.17, 15) is 12.9 Å². The number of nitrogens with zero attached hydrogens (tertiary/aromatic N) is 2. The van der Waals surface area contributed by atoms with Crippen LogP contribution in [0.15, 0.2) is 18.5 Å². The van der Waals surface area contributed by atoms with Crippen LogP contribution in [0.5, 0.6) is 0 Å². The zero-order chi connectivity index (χ0) is 11.2. The zero-order valence-corrected chi connectivity index (χ0v) is 12.5. The molecule has 2 rings (SSSR count).